The molecule has 0 unspecified atom stereocenters. The Hall–Kier alpha value is -2.22. The van der Waals surface area contributed by atoms with Crippen molar-refractivity contribution in [3.63, 3.8) is 0 Å². The Labute approximate surface area is 116 Å². The lowest BCUT2D eigenvalue weighted by molar-refractivity contribution is 0.602. The molecule has 0 aliphatic carbocycles. The van der Waals surface area contributed by atoms with Crippen molar-refractivity contribution in [2.24, 2.45) is 0 Å². The first-order valence-corrected chi connectivity index (χ1v) is 7.50. The number of hydrogen-bond donors (Lipinski definition) is 2. The highest BCUT2D eigenvalue weighted by molar-refractivity contribution is 7.92. The van der Waals surface area contributed by atoms with Gasteiger partial charge in [0.1, 0.15) is 5.82 Å². The summed E-state index contributed by atoms with van der Waals surface area (Å²) >= 11 is 0. The molecule has 106 valence electrons. The molecule has 6 nitrogen and oxygen atoms in total. The molecular weight excluding hydrogens is 283 g/mol. The fourth-order valence-corrected chi connectivity index (χ4v) is 1.97. The molecule has 8 heteroatoms. The average Bonchev–Trinajstić information content (AvgIpc) is 2.41. The highest BCUT2D eigenvalue weighted by Gasteiger charge is 2.08. The van der Waals surface area contributed by atoms with E-state index in [0.29, 0.717) is 11.5 Å². The van der Waals surface area contributed by atoms with Gasteiger partial charge in [0.25, 0.3) is 0 Å². The molecule has 1 aromatic carbocycles. The number of benzene rings is 1. The van der Waals surface area contributed by atoms with Gasteiger partial charge in [0.2, 0.25) is 10.0 Å². The molecule has 20 heavy (non-hydrogen) atoms. The van der Waals surface area contributed by atoms with Crippen molar-refractivity contribution in [1.29, 1.82) is 0 Å². The molecule has 0 spiro atoms. The van der Waals surface area contributed by atoms with Gasteiger partial charge in [0.15, 0.2) is 11.6 Å². The Bertz CT molecular complexity index is 689. The maximum Gasteiger partial charge on any atom is 0.233 e. The van der Waals surface area contributed by atoms with Crippen LogP contribution in [0.5, 0.6) is 0 Å². The maximum atomic E-state index is 13.0. The summed E-state index contributed by atoms with van der Waals surface area (Å²) in [5.41, 5.74) is 0.529. The van der Waals surface area contributed by atoms with Gasteiger partial charge in [-0.3, -0.25) is 4.72 Å². The highest BCUT2D eigenvalue weighted by Crippen LogP contribution is 2.15. The average molecular weight is 296 g/mol. The normalized spacial score (nSPS) is 11.1. The number of nitrogens with one attached hydrogen (secondary N) is 2. The Morgan fingerprint density at radius 2 is 1.85 bits per heavy atom. The summed E-state index contributed by atoms with van der Waals surface area (Å²) in [6.07, 6.45) is 0. The largest absolute Gasteiger partial charge is 0.339 e. The summed E-state index contributed by atoms with van der Waals surface area (Å²) in [4.78, 5) is 0. The van der Waals surface area contributed by atoms with Crippen LogP contribution in [0.2, 0.25) is 0 Å². The van der Waals surface area contributed by atoms with Gasteiger partial charge in [0.05, 0.1) is 5.75 Å². The van der Waals surface area contributed by atoms with Gasteiger partial charge in [-0.05, 0) is 37.3 Å². The predicted octanol–water partition coefficient (Wildman–Crippen LogP) is 2.12. The van der Waals surface area contributed by atoms with Crippen LogP contribution in [-0.2, 0) is 10.0 Å². The summed E-state index contributed by atoms with van der Waals surface area (Å²) < 4.78 is 38.0. The predicted molar refractivity (Wildman–Crippen MR) is 74.8 cm³/mol. The fraction of sp³-hybridized carbons (Fsp3) is 0.167. The third kappa shape index (κ3) is 3.89. The zero-order valence-electron chi connectivity index (χ0n) is 10.7. The van der Waals surface area contributed by atoms with Crippen molar-refractivity contribution in [2.45, 2.75) is 6.92 Å². The third-order valence-electron chi connectivity index (χ3n) is 2.40. The van der Waals surface area contributed by atoms with Crippen LogP contribution in [0.1, 0.15) is 6.92 Å². The fourth-order valence-electron chi connectivity index (χ4n) is 1.40. The van der Waals surface area contributed by atoms with Gasteiger partial charge >= 0.3 is 0 Å². The summed E-state index contributed by atoms with van der Waals surface area (Å²) in [5.74, 6) is 0.111. The van der Waals surface area contributed by atoms with Crippen LogP contribution in [0.25, 0.3) is 0 Å². The molecule has 1 aromatic heterocycles. The molecule has 0 radical (unpaired) electrons. The SMILES string of the molecule is CCS(=O)(=O)Nc1ccc(Nc2cccc(F)c2)nn1. The molecule has 0 saturated heterocycles. The quantitative estimate of drug-likeness (QED) is 0.883. The Morgan fingerprint density at radius 3 is 2.45 bits per heavy atom. The molecule has 1 heterocycles. The minimum atomic E-state index is -3.37. The lowest BCUT2D eigenvalue weighted by Gasteiger charge is -2.07. The van der Waals surface area contributed by atoms with Crippen molar-refractivity contribution in [2.75, 3.05) is 15.8 Å². The maximum absolute atomic E-state index is 13.0. The third-order valence-corrected chi connectivity index (χ3v) is 3.68. The van der Waals surface area contributed by atoms with E-state index in [0.717, 1.165) is 0 Å². The summed E-state index contributed by atoms with van der Waals surface area (Å²) in [6, 6.07) is 8.91. The van der Waals surface area contributed by atoms with Gasteiger partial charge in [-0.15, -0.1) is 10.2 Å². The molecule has 0 amide bonds. The van der Waals surface area contributed by atoms with E-state index in [1.165, 1.54) is 25.1 Å². The number of halogens is 1. The van der Waals surface area contributed by atoms with Crippen molar-refractivity contribution in [3.8, 4) is 0 Å². The number of anilines is 3. The first-order valence-electron chi connectivity index (χ1n) is 5.85. The van der Waals surface area contributed by atoms with Crippen LogP contribution in [0.3, 0.4) is 0 Å². The van der Waals surface area contributed by atoms with Crippen LogP contribution in [-0.4, -0.2) is 24.4 Å². The van der Waals surface area contributed by atoms with Gasteiger partial charge in [-0.1, -0.05) is 6.07 Å². The minimum absolute atomic E-state index is 0.0437. The molecule has 0 atom stereocenters. The monoisotopic (exact) mass is 296 g/mol. The summed E-state index contributed by atoms with van der Waals surface area (Å²) in [6.45, 7) is 1.52. The summed E-state index contributed by atoms with van der Waals surface area (Å²) in [5, 5.41) is 10.4. The molecule has 0 bridgehead atoms. The molecule has 2 rings (SSSR count). The van der Waals surface area contributed by atoms with Crippen LogP contribution in [0.4, 0.5) is 21.7 Å². The van der Waals surface area contributed by atoms with Gasteiger partial charge in [0, 0.05) is 5.69 Å². The van der Waals surface area contributed by atoms with Crippen molar-refractivity contribution < 1.29 is 12.8 Å². The first-order chi connectivity index (χ1) is 9.48. The van der Waals surface area contributed by atoms with E-state index in [4.69, 9.17) is 0 Å². The van der Waals surface area contributed by atoms with Gasteiger partial charge in [-0.25, -0.2) is 12.8 Å². The van der Waals surface area contributed by atoms with E-state index < -0.39 is 10.0 Å². The number of aromatic nitrogens is 2. The minimum Gasteiger partial charge on any atom is -0.339 e. The molecule has 0 aliphatic heterocycles. The zero-order valence-corrected chi connectivity index (χ0v) is 11.5. The van der Waals surface area contributed by atoms with Crippen molar-refractivity contribution in [3.05, 3.63) is 42.2 Å². The van der Waals surface area contributed by atoms with E-state index in [2.05, 4.69) is 20.2 Å². The van der Waals surface area contributed by atoms with E-state index in [1.807, 2.05) is 0 Å². The Kier molecular flexibility index (Phi) is 4.14. The van der Waals surface area contributed by atoms with E-state index >= 15 is 0 Å². The number of hydrogen-bond acceptors (Lipinski definition) is 5. The van der Waals surface area contributed by atoms with Gasteiger partial charge in [-0.2, -0.15) is 0 Å². The first kappa shape index (κ1) is 14.2. The molecule has 2 N–H and O–H groups in total. The Morgan fingerprint density at radius 1 is 1.15 bits per heavy atom. The number of nitrogens with zero attached hydrogens (tertiary/aromatic N) is 2. The van der Waals surface area contributed by atoms with Gasteiger partial charge < -0.3 is 5.32 Å². The second-order valence-corrected chi connectivity index (χ2v) is 5.96. The van der Waals surface area contributed by atoms with Crippen LogP contribution in [0.15, 0.2) is 36.4 Å². The topological polar surface area (TPSA) is 84.0 Å². The smallest absolute Gasteiger partial charge is 0.233 e. The van der Waals surface area contributed by atoms with E-state index in [1.54, 1.807) is 18.2 Å². The van der Waals surface area contributed by atoms with Crippen molar-refractivity contribution in [1.82, 2.24) is 10.2 Å². The highest BCUT2D eigenvalue weighted by atomic mass is 32.2. The Balaban J connectivity index is 2.09. The second-order valence-electron chi connectivity index (χ2n) is 3.94. The van der Waals surface area contributed by atoms with E-state index in [9.17, 15) is 12.8 Å². The standard InChI is InChI=1S/C12H13FN4O2S/c1-2-20(18,19)17-12-7-6-11(15-16-12)14-10-5-3-4-9(13)8-10/h3-8H,2H2,1H3,(H,14,15)(H,16,17). The molecule has 0 saturated carbocycles. The van der Waals surface area contributed by atoms with Crippen molar-refractivity contribution >= 4 is 27.3 Å². The molecule has 0 aliphatic rings. The number of rotatable bonds is 5. The van der Waals surface area contributed by atoms with Crippen LogP contribution < -0.4 is 10.0 Å². The number of sulfonamides is 1. The van der Waals surface area contributed by atoms with E-state index in [-0.39, 0.29) is 17.4 Å². The van der Waals surface area contributed by atoms with Crippen LogP contribution in [0, 0.1) is 5.82 Å². The summed E-state index contributed by atoms with van der Waals surface area (Å²) in [7, 11) is -3.37. The molecular formula is C12H13FN4O2S. The molecule has 2 aromatic rings. The molecule has 0 fully saturated rings. The second kappa shape index (κ2) is 5.83. The lowest BCUT2D eigenvalue weighted by Crippen LogP contribution is -2.15. The van der Waals surface area contributed by atoms with Crippen LogP contribution >= 0.6 is 0 Å². The lowest BCUT2D eigenvalue weighted by atomic mass is 10.3. The zero-order chi connectivity index (χ0) is 14.6.